The van der Waals surface area contributed by atoms with Crippen LogP contribution in [0.25, 0.3) is 0 Å². The molecule has 0 aliphatic rings. The fraction of sp³-hybridized carbons (Fsp3) is 0.267. The van der Waals surface area contributed by atoms with E-state index in [1.54, 1.807) is 43.9 Å². The molecule has 0 spiro atoms. The Morgan fingerprint density at radius 3 is 2.59 bits per heavy atom. The summed E-state index contributed by atoms with van der Waals surface area (Å²) < 4.78 is 5.57. The molecule has 0 aliphatic heterocycles. The van der Waals surface area contributed by atoms with Gasteiger partial charge in [-0.2, -0.15) is 0 Å². The summed E-state index contributed by atoms with van der Waals surface area (Å²) in [6.45, 7) is 0.375. The molecule has 2 rings (SSSR count). The van der Waals surface area contributed by atoms with Gasteiger partial charge >= 0.3 is 0 Å². The van der Waals surface area contributed by atoms with E-state index in [-0.39, 0.29) is 18.4 Å². The first kappa shape index (κ1) is 16.0. The summed E-state index contributed by atoms with van der Waals surface area (Å²) in [6.07, 6.45) is 0. The zero-order chi connectivity index (χ0) is 15.9. The lowest BCUT2D eigenvalue weighted by atomic mass is 10.2. The summed E-state index contributed by atoms with van der Waals surface area (Å²) in [5, 5.41) is 4.49. The van der Waals surface area contributed by atoms with Gasteiger partial charge in [-0.3, -0.25) is 9.59 Å². The number of likely N-dealkylation sites (N-methyl/N-ethyl adjacent to an activating group) is 1. The lowest BCUT2D eigenvalue weighted by Crippen LogP contribution is -2.36. The van der Waals surface area contributed by atoms with E-state index in [2.05, 4.69) is 10.3 Å². The first-order chi connectivity index (χ1) is 10.6. The molecule has 1 N–H and O–H groups in total. The molecule has 0 saturated heterocycles. The third kappa shape index (κ3) is 4.56. The molecule has 1 heterocycles. The molecule has 0 fully saturated rings. The molecule has 0 radical (unpaired) electrons. The Labute approximate surface area is 132 Å². The molecule has 116 valence electrons. The minimum Gasteiger partial charge on any atom is -0.487 e. The van der Waals surface area contributed by atoms with Gasteiger partial charge in [-0.15, -0.1) is 11.3 Å². The van der Waals surface area contributed by atoms with E-state index < -0.39 is 0 Å². The Morgan fingerprint density at radius 1 is 1.27 bits per heavy atom. The highest BCUT2D eigenvalue weighted by atomic mass is 32.1. The maximum Gasteiger partial charge on any atom is 0.251 e. The van der Waals surface area contributed by atoms with Crippen molar-refractivity contribution in [2.45, 2.75) is 6.61 Å². The maximum atomic E-state index is 11.9. The summed E-state index contributed by atoms with van der Waals surface area (Å²) >= 11 is 1.52. The minimum atomic E-state index is -0.291. The van der Waals surface area contributed by atoms with Crippen LogP contribution in [0.5, 0.6) is 5.75 Å². The molecular formula is C15H17N3O3S. The molecule has 22 heavy (non-hydrogen) atoms. The predicted molar refractivity (Wildman–Crippen MR) is 83.9 cm³/mol. The highest BCUT2D eigenvalue weighted by Gasteiger charge is 2.09. The average Bonchev–Trinajstić information content (AvgIpc) is 3.04. The third-order valence-electron chi connectivity index (χ3n) is 2.89. The first-order valence-electron chi connectivity index (χ1n) is 6.64. The molecular weight excluding hydrogens is 302 g/mol. The number of ether oxygens (including phenoxy) is 1. The molecule has 2 aromatic rings. The van der Waals surface area contributed by atoms with Crippen molar-refractivity contribution in [3.63, 3.8) is 0 Å². The standard InChI is InChI=1S/C15H17N3O3S/c1-18(2)14(19)7-16-15(20)11-3-5-13(6-4-11)21-8-12-9-22-10-17-12/h3-6,9-10H,7-8H2,1-2H3,(H,16,20). The third-order valence-corrected chi connectivity index (χ3v) is 3.52. The summed E-state index contributed by atoms with van der Waals surface area (Å²) in [6, 6.07) is 6.75. The van der Waals surface area contributed by atoms with Crippen LogP contribution < -0.4 is 10.1 Å². The summed E-state index contributed by atoms with van der Waals surface area (Å²) in [7, 11) is 3.28. The van der Waals surface area contributed by atoms with Crippen LogP contribution in [0.4, 0.5) is 0 Å². The highest BCUT2D eigenvalue weighted by molar-refractivity contribution is 7.07. The van der Waals surface area contributed by atoms with Crippen LogP contribution in [0, 0.1) is 0 Å². The fourth-order valence-electron chi connectivity index (χ4n) is 1.58. The Balaban J connectivity index is 1.85. The van der Waals surface area contributed by atoms with Crippen molar-refractivity contribution in [2.24, 2.45) is 0 Å². The number of carbonyl (C=O) groups excluding carboxylic acids is 2. The van der Waals surface area contributed by atoms with Gasteiger partial charge in [0.25, 0.3) is 5.91 Å². The quantitative estimate of drug-likeness (QED) is 0.877. The van der Waals surface area contributed by atoms with Crippen molar-refractivity contribution < 1.29 is 14.3 Å². The van der Waals surface area contributed by atoms with Crippen LogP contribution in [-0.2, 0) is 11.4 Å². The van der Waals surface area contributed by atoms with E-state index in [1.807, 2.05) is 5.38 Å². The van der Waals surface area contributed by atoms with Crippen LogP contribution in [0.3, 0.4) is 0 Å². The SMILES string of the molecule is CN(C)C(=O)CNC(=O)c1ccc(OCc2cscn2)cc1. The molecule has 0 bridgehead atoms. The number of hydrogen-bond acceptors (Lipinski definition) is 5. The number of benzene rings is 1. The van der Waals surface area contributed by atoms with E-state index in [1.165, 1.54) is 16.2 Å². The number of nitrogens with one attached hydrogen (secondary N) is 1. The number of aromatic nitrogens is 1. The first-order valence-corrected chi connectivity index (χ1v) is 7.59. The number of nitrogens with zero attached hydrogens (tertiary/aromatic N) is 2. The van der Waals surface area contributed by atoms with E-state index in [0.29, 0.717) is 17.9 Å². The van der Waals surface area contributed by atoms with Crippen molar-refractivity contribution >= 4 is 23.2 Å². The molecule has 0 unspecified atom stereocenters. The zero-order valence-electron chi connectivity index (χ0n) is 12.4. The predicted octanol–water partition coefficient (Wildman–Crippen LogP) is 1.54. The van der Waals surface area contributed by atoms with E-state index in [4.69, 9.17) is 4.74 Å². The summed E-state index contributed by atoms with van der Waals surface area (Å²) in [4.78, 5) is 28.9. The second-order valence-electron chi connectivity index (χ2n) is 4.76. The second-order valence-corrected chi connectivity index (χ2v) is 5.48. The molecule has 7 heteroatoms. The van der Waals surface area contributed by atoms with Gasteiger partial charge in [0.15, 0.2) is 0 Å². The number of amides is 2. The smallest absolute Gasteiger partial charge is 0.251 e. The Morgan fingerprint density at radius 2 is 2.00 bits per heavy atom. The summed E-state index contributed by atoms with van der Waals surface area (Å²) in [5.41, 5.74) is 3.10. The molecule has 0 atom stereocenters. The Bertz CT molecular complexity index is 624. The molecule has 2 amide bonds. The molecule has 6 nitrogen and oxygen atoms in total. The fourth-order valence-corrected chi connectivity index (χ4v) is 2.13. The Hall–Kier alpha value is -2.41. The number of carbonyl (C=O) groups is 2. The molecule has 1 aromatic carbocycles. The van der Waals surface area contributed by atoms with Crippen molar-refractivity contribution in [1.82, 2.24) is 15.2 Å². The van der Waals surface area contributed by atoms with Gasteiger partial charge in [-0.05, 0) is 24.3 Å². The van der Waals surface area contributed by atoms with Crippen molar-refractivity contribution in [3.8, 4) is 5.75 Å². The monoisotopic (exact) mass is 319 g/mol. The van der Waals surface area contributed by atoms with Gasteiger partial charge in [0, 0.05) is 25.0 Å². The van der Waals surface area contributed by atoms with Crippen molar-refractivity contribution in [2.75, 3.05) is 20.6 Å². The van der Waals surface area contributed by atoms with Crippen LogP contribution >= 0.6 is 11.3 Å². The molecule has 0 saturated carbocycles. The topological polar surface area (TPSA) is 71.5 Å². The summed E-state index contributed by atoms with van der Waals surface area (Å²) in [5.74, 6) is 0.215. The van der Waals surface area contributed by atoms with Crippen LogP contribution in [0.1, 0.15) is 16.1 Å². The lowest BCUT2D eigenvalue weighted by Gasteiger charge is -2.11. The second kappa shape index (κ2) is 7.56. The van der Waals surface area contributed by atoms with Gasteiger partial charge in [-0.1, -0.05) is 0 Å². The van der Waals surface area contributed by atoms with Crippen LogP contribution in [-0.4, -0.2) is 42.3 Å². The van der Waals surface area contributed by atoms with Crippen molar-refractivity contribution in [3.05, 3.63) is 46.4 Å². The molecule has 0 aliphatic carbocycles. The van der Waals surface area contributed by atoms with Crippen LogP contribution in [0.2, 0.25) is 0 Å². The zero-order valence-corrected chi connectivity index (χ0v) is 13.2. The van der Waals surface area contributed by atoms with E-state index in [0.717, 1.165) is 5.69 Å². The number of hydrogen-bond donors (Lipinski definition) is 1. The van der Waals surface area contributed by atoms with Gasteiger partial charge in [0.1, 0.15) is 12.4 Å². The van der Waals surface area contributed by atoms with Gasteiger partial charge in [-0.25, -0.2) is 4.98 Å². The molecule has 1 aromatic heterocycles. The Kier molecular flexibility index (Phi) is 5.48. The largest absolute Gasteiger partial charge is 0.487 e. The van der Waals surface area contributed by atoms with Crippen molar-refractivity contribution in [1.29, 1.82) is 0 Å². The maximum absolute atomic E-state index is 11.9. The number of rotatable bonds is 6. The van der Waals surface area contributed by atoms with E-state index >= 15 is 0 Å². The highest BCUT2D eigenvalue weighted by Crippen LogP contribution is 2.14. The normalized spacial score (nSPS) is 10.1. The van der Waals surface area contributed by atoms with Gasteiger partial charge in [0.2, 0.25) is 5.91 Å². The lowest BCUT2D eigenvalue weighted by molar-refractivity contribution is -0.127. The van der Waals surface area contributed by atoms with E-state index in [9.17, 15) is 9.59 Å². The average molecular weight is 319 g/mol. The van der Waals surface area contributed by atoms with Gasteiger partial charge < -0.3 is 15.0 Å². The van der Waals surface area contributed by atoms with Crippen LogP contribution in [0.15, 0.2) is 35.2 Å². The minimum absolute atomic E-state index is 0.0199. The number of thiazole rings is 1. The van der Waals surface area contributed by atoms with Gasteiger partial charge in [0.05, 0.1) is 17.7 Å².